The first kappa shape index (κ1) is 11.2. The van der Waals surface area contributed by atoms with Gasteiger partial charge < -0.3 is 15.5 Å². The Bertz CT molecular complexity index is 514. The summed E-state index contributed by atoms with van der Waals surface area (Å²) in [5.74, 6) is -0.868. The van der Waals surface area contributed by atoms with Crippen molar-refractivity contribution in [2.24, 2.45) is 0 Å². The monoisotopic (exact) mass is 234 g/mol. The van der Waals surface area contributed by atoms with Crippen molar-refractivity contribution in [1.82, 2.24) is 4.98 Å². The number of phenols is 2. The second-order valence-corrected chi connectivity index (χ2v) is 3.51. The van der Waals surface area contributed by atoms with Gasteiger partial charge >= 0.3 is 0 Å². The molecule has 0 aliphatic rings. The van der Waals surface area contributed by atoms with Gasteiger partial charge in [0.15, 0.2) is 11.5 Å². The van der Waals surface area contributed by atoms with Crippen molar-refractivity contribution >= 4 is 5.69 Å². The maximum absolute atomic E-state index is 12.6. The molecule has 1 aromatic carbocycles. The van der Waals surface area contributed by atoms with Crippen LogP contribution in [0.15, 0.2) is 36.5 Å². The van der Waals surface area contributed by atoms with Crippen LogP contribution >= 0.6 is 0 Å². The lowest BCUT2D eigenvalue weighted by molar-refractivity contribution is 0.400. The molecule has 0 atom stereocenters. The Kier molecular flexibility index (Phi) is 3.09. The summed E-state index contributed by atoms with van der Waals surface area (Å²) < 4.78 is 12.6. The summed E-state index contributed by atoms with van der Waals surface area (Å²) in [5.41, 5.74) is 1.18. The van der Waals surface area contributed by atoms with Crippen LogP contribution in [0.2, 0.25) is 0 Å². The van der Waals surface area contributed by atoms with Gasteiger partial charge in [0.2, 0.25) is 5.95 Å². The standard InChI is InChI=1S/C12H11FN2O2/c13-11-5-4-9(7-15-11)14-6-8-2-1-3-10(16)12(8)17/h1-5,7,14,16-17H,6H2. The first-order valence-corrected chi connectivity index (χ1v) is 5.02. The van der Waals surface area contributed by atoms with Crippen molar-refractivity contribution in [1.29, 1.82) is 0 Å². The van der Waals surface area contributed by atoms with Crippen LogP contribution in [-0.4, -0.2) is 15.2 Å². The van der Waals surface area contributed by atoms with E-state index in [9.17, 15) is 14.6 Å². The minimum atomic E-state index is -0.546. The molecule has 3 N–H and O–H groups in total. The van der Waals surface area contributed by atoms with Crippen molar-refractivity contribution in [2.45, 2.75) is 6.54 Å². The van der Waals surface area contributed by atoms with Crippen LogP contribution in [0.3, 0.4) is 0 Å². The van der Waals surface area contributed by atoms with E-state index in [-0.39, 0.29) is 11.5 Å². The number of benzene rings is 1. The summed E-state index contributed by atoms with van der Waals surface area (Å²) >= 11 is 0. The Hall–Kier alpha value is -2.30. The topological polar surface area (TPSA) is 65.4 Å². The highest BCUT2D eigenvalue weighted by Crippen LogP contribution is 2.28. The fourth-order valence-corrected chi connectivity index (χ4v) is 1.40. The Morgan fingerprint density at radius 2 is 2.00 bits per heavy atom. The molecule has 0 aliphatic carbocycles. The van der Waals surface area contributed by atoms with Gasteiger partial charge in [-0.3, -0.25) is 0 Å². The number of aromatic hydroxyl groups is 2. The van der Waals surface area contributed by atoms with Crippen molar-refractivity contribution in [2.75, 3.05) is 5.32 Å². The predicted molar refractivity (Wildman–Crippen MR) is 61.3 cm³/mol. The summed E-state index contributed by atoms with van der Waals surface area (Å²) in [6.45, 7) is 0.313. The molecular formula is C12H11FN2O2. The fourth-order valence-electron chi connectivity index (χ4n) is 1.40. The maximum Gasteiger partial charge on any atom is 0.212 e. The van der Waals surface area contributed by atoms with E-state index in [1.165, 1.54) is 18.3 Å². The Balaban J connectivity index is 2.07. The molecule has 0 saturated heterocycles. The zero-order chi connectivity index (χ0) is 12.3. The third kappa shape index (κ3) is 2.63. The number of aromatic nitrogens is 1. The third-order valence-electron chi connectivity index (χ3n) is 2.31. The van der Waals surface area contributed by atoms with Crippen molar-refractivity contribution < 1.29 is 14.6 Å². The number of halogens is 1. The molecule has 0 saturated carbocycles. The highest BCUT2D eigenvalue weighted by Gasteiger charge is 2.05. The largest absolute Gasteiger partial charge is 0.504 e. The van der Waals surface area contributed by atoms with Crippen molar-refractivity contribution in [3.05, 3.63) is 48.0 Å². The highest BCUT2D eigenvalue weighted by molar-refractivity contribution is 5.47. The highest BCUT2D eigenvalue weighted by atomic mass is 19.1. The van der Waals surface area contributed by atoms with E-state index in [1.807, 2.05) is 0 Å². The molecule has 2 aromatic rings. The van der Waals surface area contributed by atoms with E-state index in [0.717, 1.165) is 0 Å². The average Bonchev–Trinajstić information content (AvgIpc) is 2.33. The number of pyridine rings is 1. The molecule has 5 heteroatoms. The lowest BCUT2D eigenvalue weighted by atomic mass is 10.2. The van der Waals surface area contributed by atoms with Crippen LogP contribution in [0.25, 0.3) is 0 Å². The number of para-hydroxylation sites is 1. The van der Waals surface area contributed by atoms with Crippen LogP contribution in [-0.2, 0) is 6.54 Å². The van der Waals surface area contributed by atoms with E-state index in [4.69, 9.17) is 0 Å². The number of hydrogen-bond acceptors (Lipinski definition) is 4. The number of anilines is 1. The SMILES string of the molecule is Oc1cccc(CNc2ccc(F)nc2)c1O. The van der Waals surface area contributed by atoms with Gasteiger partial charge in [0, 0.05) is 12.1 Å². The second kappa shape index (κ2) is 4.69. The van der Waals surface area contributed by atoms with E-state index < -0.39 is 5.95 Å². The van der Waals surface area contributed by atoms with Gasteiger partial charge in [0.25, 0.3) is 0 Å². The number of rotatable bonds is 3. The van der Waals surface area contributed by atoms with Gasteiger partial charge in [-0.15, -0.1) is 0 Å². The molecule has 1 aromatic heterocycles. The molecule has 0 bridgehead atoms. The Labute approximate surface area is 97.4 Å². The lowest BCUT2D eigenvalue weighted by Crippen LogP contribution is -2.00. The van der Waals surface area contributed by atoms with E-state index in [1.54, 1.807) is 18.2 Å². The molecule has 0 spiro atoms. The van der Waals surface area contributed by atoms with Crippen LogP contribution in [0.5, 0.6) is 11.5 Å². The molecule has 0 fully saturated rings. The molecule has 0 radical (unpaired) electrons. The smallest absolute Gasteiger partial charge is 0.212 e. The predicted octanol–water partition coefficient (Wildman–Crippen LogP) is 2.24. The molecule has 4 nitrogen and oxygen atoms in total. The summed E-state index contributed by atoms with van der Waals surface area (Å²) in [6, 6.07) is 7.50. The van der Waals surface area contributed by atoms with Crippen LogP contribution < -0.4 is 5.32 Å². The van der Waals surface area contributed by atoms with E-state index >= 15 is 0 Å². The molecule has 0 aliphatic heterocycles. The van der Waals surface area contributed by atoms with Gasteiger partial charge in [-0.1, -0.05) is 12.1 Å². The summed E-state index contributed by atoms with van der Waals surface area (Å²) in [4.78, 5) is 3.49. The normalized spacial score (nSPS) is 10.2. The van der Waals surface area contributed by atoms with Crippen LogP contribution in [0, 0.1) is 5.95 Å². The molecular weight excluding hydrogens is 223 g/mol. The lowest BCUT2D eigenvalue weighted by Gasteiger charge is -2.08. The third-order valence-corrected chi connectivity index (χ3v) is 2.31. The van der Waals surface area contributed by atoms with Crippen molar-refractivity contribution in [3.8, 4) is 11.5 Å². The number of phenolic OH excluding ortho intramolecular Hbond substituents is 2. The number of hydrogen-bond donors (Lipinski definition) is 3. The van der Waals surface area contributed by atoms with Gasteiger partial charge in [0.1, 0.15) is 0 Å². The molecule has 88 valence electrons. The van der Waals surface area contributed by atoms with E-state index in [2.05, 4.69) is 10.3 Å². The zero-order valence-electron chi connectivity index (χ0n) is 8.89. The number of nitrogens with zero attached hydrogens (tertiary/aromatic N) is 1. The van der Waals surface area contributed by atoms with Gasteiger partial charge in [-0.05, 0) is 18.2 Å². The van der Waals surface area contributed by atoms with Gasteiger partial charge in [0.05, 0.1) is 11.9 Å². The Morgan fingerprint density at radius 1 is 1.18 bits per heavy atom. The summed E-state index contributed by atoms with van der Waals surface area (Å²) in [6.07, 6.45) is 1.36. The Morgan fingerprint density at radius 3 is 2.71 bits per heavy atom. The maximum atomic E-state index is 12.6. The minimum Gasteiger partial charge on any atom is -0.504 e. The second-order valence-electron chi connectivity index (χ2n) is 3.51. The minimum absolute atomic E-state index is 0.157. The molecule has 17 heavy (non-hydrogen) atoms. The molecule has 0 amide bonds. The van der Waals surface area contributed by atoms with Gasteiger partial charge in [-0.25, -0.2) is 4.98 Å². The summed E-state index contributed by atoms with van der Waals surface area (Å²) in [5, 5.41) is 21.8. The molecule has 1 heterocycles. The fraction of sp³-hybridized carbons (Fsp3) is 0.0833. The van der Waals surface area contributed by atoms with Crippen molar-refractivity contribution in [3.63, 3.8) is 0 Å². The quantitative estimate of drug-likeness (QED) is 0.563. The number of nitrogens with one attached hydrogen (secondary N) is 1. The summed E-state index contributed by atoms with van der Waals surface area (Å²) in [7, 11) is 0. The average molecular weight is 234 g/mol. The first-order valence-electron chi connectivity index (χ1n) is 5.02. The first-order chi connectivity index (χ1) is 8.16. The van der Waals surface area contributed by atoms with Gasteiger partial charge in [-0.2, -0.15) is 4.39 Å². The zero-order valence-corrected chi connectivity index (χ0v) is 8.89. The van der Waals surface area contributed by atoms with Crippen LogP contribution in [0.4, 0.5) is 10.1 Å². The molecule has 0 unspecified atom stereocenters. The van der Waals surface area contributed by atoms with E-state index in [0.29, 0.717) is 17.8 Å². The van der Waals surface area contributed by atoms with Crippen LogP contribution in [0.1, 0.15) is 5.56 Å². The molecule has 2 rings (SSSR count).